The van der Waals surface area contributed by atoms with Gasteiger partial charge in [-0.2, -0.15) is 0 Å². The number of rotatable bonds is 5. The van der Waals surface area contributed by atoms with Crippen molar-refractivity contribution in [1.82, 2.24) is 19.8 Å². The highest BCUT2D eigenvalue weighted by atomic mass is 32.1. The zero-order chi connectivity index (χ0) is 21.5. The lowest BCUT2D eigenvalue weighted by Crippen LogP contribution is -2.21. The third kappa shape index (κ3) is 3.47. The van der Waals surface area contributed by atoms with Crippen molar-refractivity contribution in [3.05, 3.63) is 58.7 Å². The Morgan fingerprint density at radius 2 is 2.19 bits per heavy atom. The summed E-state index contributed by atoms with van der Waals surface area (Å²) in [5, 5.41) is 5.19. The average Bonchev–Trinajstić information content (AvgIpc) is 3.49. The number of likely N-dealkylation sites (tertiary alicyclic amines) is 1. The van der Waals surface area contributed by atoms with Gasteiger partial charge in [-0.25, -0.2) is 4.98 Å². The maximum atomic E-state index is 12.6. The first-order chi connectivity index (χ1) is 15.1. The summed E-state index contributed by atoms with van der Waals surface area (Å²) in [6.45, 7) is 2.86. The van der Waals surface area contributed by atoms with Gasteiger partial charge in [0.25, 0.3) is 5.91 Å². The van der Waals surface area contributed by atoms with Crippen molar-refractivity contribution >= 4 is 38.4 Å². The Morgan fingerprint density at radius 3 is 3.00 bits per heavy atom. The summed E-state index contributed by atoms with van der Waals surface area (Å²) in [4.78, 5) is 21.3. The lowest BCUT2D eigenvalue weighted by atomic mass is 9.95. The highest BCUT2D eigenvalue weighted by Crippen LogP contribution is 2.40. The predicted molar refractivity (Wildman–Crippen MR) is 125 cm³/mol. The van der Waals surface area contributed by atoms with Gasteiger partial charge in [-0.15, -0.1) is 11.3 Å². The number of amides is 1. The predicted octanol–water partition coefficient (Wildman–Crippen LogP) is 4.15. The molecule has 4 aromatic rings. The third-order valence-corrected chi connectivity index (χ3v) is 7.42. The van der Waals surface area contributed by atoms with Crippen LogP contribution in [0.3, 0.4) is 0 Å². The number of ether oxygens (including phenoxy) is 1. The van der Waals surface area contributed by atoms with Gasteiger partial charge in [-0.1, -0.05) is 6.07 Å². The fraction of sp³-hybridized carbons (Fsp3) is 0.333. The van der Waals surface area contributed by atoms with Crippen molar-refractivity contribution in [2.24, 2.45) is 7.05 Å². The van der Waals surface area contributed by atoms with Crippen LogP contribution in [0.15, 0.2) is 42.7 Å². The number of methoxy groups -OCH3 is 1. The molecule has 3 aromatic heterocycles. The first-order valence-corrected chi connectivity index (χ1v) is 11.3. The largest absolute Gasteiger partial charge is 0.497 e. The van der Waals surface area contributed by atoms with Crippen LogP contribution in [0.1, 0.15) is 33.1 Å². The summed E-state index contributed by atoms with van der Waals surface area (Å²) in [6.07, 6.45) is 5.06. The molecule has 1 aliphatic heterocycles. The van der Waals surface area contributed by atoms with Crippen LogP contribution >= 0.6 is 11.3 Å². The van der Waals surface area contributed by atoms with Gasteiger partial charge in [-0.3, -0.25) is 9.69 Å². The average molecular weight is 435 g/mol. The van der Waals surface area contributed by atoms with E-state index in [4.69, 9.17) is 4.74 Å². The summed E-state index contributed by atoms with van der Waals surface area (Å²) in [5.74, 6) is 1.20. The summed E-state index contributed by atoms with van der Waals surface area (Å²) in [5.41, 5.74) is 3.67. The molecule has 0 saturated carbocycles. The highest BCUT2D eigenvalue weighted by Gasteiger charge is 2.31. The minimum Gasteiger partial charge on any atom is -0.497 e. The lowest BCUT2D eigenvalue weighted by molar-refractivity contribution is 0.0966. The topological polar surface area (TPSA) is 59.4 Å². The van der Waals surface area contributed by atoms with E-state index in [9.17, 15) is 4.79 Å². The fourth-order valence-corrected chi connectivity index (χ4v) is 5.97. The van der Waals surface area contributed by atoms with E-state index in [2.05, 4.69) is 51.2 Å². The van der Waals surface area contributed by atoms with Crippen LogP contribution in [0.2, 0.25) is 0 Å². The Morgan fingerprint density at radius 1 is 1.32 bits per heavy atom. The molecule has 1 N–H and O–H groups in total. The second-order valence-electron chi connectivity index (χ2n) is 8.15. The monoisotopic (exact) mass is 434 g/mol. The molecule has 4 heterocycles. The number of carbonyl (C=O) groups excluding carboxylic acids is 1. The van der Waals surface area contributed by atoms with Gasteiger partial charge in [0.15, 0.2) is 0 Å². The molecule has 160 valence electrons. The Labute approximate surface area is 185 Å². The molecule has 0 radical (unpaired) electrons. The molecule has 5 rings (SSSR count). The van der Waals surface area contributed by atoms with Gasteiger partial charge >= 0.3 is 0 Å². The van der Waals surface area contributed by atoms with Crippen molar-refractivity contribution in [2.45, 2.75) is 18.9 Å². The van der Waals surface area contributed by atoms with E-state index >= 15 is 0 Å². The first kappa shape index (κ1) is 20.0. The van der Waals surface area contributed by atoms with E-state index in [1.54, 1.807) is 20.4 Å². The maximum Gasteiger partial charge on any atom is 0.261 e. The molecule has 0 spiro atoms. The van der Waals surface area contributed by atoms with E-state index in [0.717, 1.165) is 52.5 Å². The van der Waals surface area contributed by atoms with Crippen molar-refractivity contribution in [3.63, 3.8) is 0 Å². The number of aryl methyl sites for hydroxylation is 1. The molecule has 7 heteroatoms. The van der Waals surface area contributed by atoms with E-state index < -0.39 is 0 Å². The number of nitrogens with one attached hydrogen (secondary N) is 1. The van der Waals surface area contributed by atoms with Crippen LogP contribution in [-0.4, -0.2) is 47.6 Å². The Balaban J connectivity index is 1.43. The van der Waals surface area contributed by atoms with Crippen molar-refractivity contribution < 1.29 is 9.53 Å². The van der Waals surface area contributed by atoms with Gasteiger partial charge in [0.2, 0.25) is 0 Å². The summed E-state index contributed by atoms with van der Waals surface area (Å²) in [7, 11) is 5.48. The Hall–Kier alpha value is -2.90. The second-order valence-corrected chi connectivity index (χ2v) is 9.15. The lowest BCUT2D eigenvalue weighted by Gasteiger charge is -2.16. The summed E-state index contributed by atoms with van der Waals surface area (Å²) < 4.78 is 7.56. The SMILES string of the molecule is CNC(=O)c1sc2ncccc2c1[C@@H]1CCN(Cc2cn(C)c3cc(OC)ccc23)C1. The van der Waals surface area contributed by atoms with E-state index in [0.29, 0.717) is 5.92 Å². The van der Waals surface area contributed by atoms with Gasteiger partial charge in [-0.05, 0) is 42.3 Å². The Bertz CT molecular complexity index is 1280. The number of pyridine rings is 1. The molecular formula is C24H26N4O2S. The van der Waals surface area contributed by atoms with Crippen LogP contribution in [0.5, 0.6) is 5.75 Å². The third-order valence-electron chi connectivity index (χ3n) is 6.29. The standard InChI is InChI=1S/C24H26N4O2S/c1-25-23(29)22-21(19-5-4-9-26-24(19)31-22)15-8-10-28(13-15)14-16-12-27(2)20-11-17(30-3)6-7-18(16)20/h4-7,9,11-12,15H,8,10,13-14H2,1-3H3,(H,25,29)/t15-/m1/s1. The van der Waals surface area contributed by atoms with Gasteiger partial charge < -0.3 is 14.6 Å². The Kier molecular flexibility index (Phi) is 5.16. The van der Waals surface area contributed by atoms with Gasteiger partial charge in [0, 0.05) is 62.3 Å². The number of thiophene rings is 1. The van der Waals surface area contributed by atoms with E-state index in [1.807, 2.05) is 12.1 Å². The van der Waals surface area contributed by atoms with Gasteiger partial charge in [0.1, 0.15) is 10.6 Å². The normalized spacial score (nSPS) is 16.9. The zero-order valence-electron chi connectivity index (χ0n) is 18.0. The molecule has 31 heavy (non-hydrogen) atoms. The molecule has 0 bridgehead atoms. The minimum absolute atomic E-state index is 0.0144. The molecule has 1 amide bonds. The zero-order valence-corrected chi connectivity index (χ0v) is 18.8. The molecule has 1 fully saturated rings. The molecule has 0 unspecified atom stereocenters. The van der Waals surface area contributed by atoms with Crippen molar-refractivity contribution in [2.75, 3.05) is 27.2 Å². The van der Waals surface area contributed by atoms with Crippen LogP contribution in [-0.2, 0) is 13.6 Å². The molecule has 6 nitrogen and oxygen atoms in total. The second kappa shape index (κ2) is 7.98. The van der Waals surface area contributed by atoms with Crippen LogP contribution < -0.4 is 10.1 Å². The summed E-state index contributed by atoms with van der Waals surface area (Å²) >= 11 is 1.50. The smallest absolute Gasteiger partial charge is 0.261 e. The number of nitrogens with zero attached hydrogens (tertiary/aromatic N) is 3. The molecule has 1 aromatic carbocycles. The minimum atomic E-state index is -0.0144. The number of fused-ring (bicyclic) bond motifs is 2. The molecule has 1 saturated heterocycles. The van der Waals surface area contributed by atoms with Crippen molar-refractivity contribution in [3.8, 4) is 5.75 Å². The molecule has 1 atom stereocenters. The number of benzene rings is 1. The maximum absolute atomic E-state index is 12.6. The molecule has 1 aliphatic rings. The van der Waals surface area contributed by atoms with E-state index in [1.165, 1.54) is 27.8 Å². The fourth-order valence-electron chi connectivity index (χ4n) is 4.79. The number of aromatic nitrogens is 2. The quantitative estimate of drug-likeness (QED) is 0.513. The number of hydrogen-bond acceptors (Lipinski definition) is 5. The highest BCUT2D eigenvalue weighted by molar-refractivity contribution is 7.20. The van der Waals surface area contributed by atoms with Crippen LogP contribution in [0, 0.1) is 0 Å². The molecule has 0 aliphatic carbocycles. The van der Waals surface area contributed by atoms with Crippen molar-refractivity contribution in [1.29, 1.82) is 0 Å². The number of carbonyl (C=O) groups is 1. The van der Waals surface area contributed by atoms with E-state index in [-0.39, 0.29) is 5.91 Å². The molecular weight excluding hydrogens is 408 g/mol. The summed E-state index contributed by atoms with van der Waals surface area (Å²) in [6, 6.07) is 10.3. The van der Waals surface area contributed by atoms with Crippen LogP contribution in [0.4, 0.5) is 0 Å². The number of hydrogen-bond donors (Lipinski definition) is 1. The van der Waals surface area contributed by atoms with Gasteiger partial charge in [0.05, 0.1) is 17.5 Å². The first-order valence-electron chi connectivity index (χ1n) is 10.5. The van der Waals surface area contributed by atoms with Crippen LogP contribution in [0.25, 0.3) is 21.1 Å².